The summed E-state index contributed by atoms with van der Waals surface area (Å²) >= 11 is 0. The fourth-order valence-electron chi connectivity index (χ4n) is 2.62. The van der Waals surface area contributed by atoms with Crippen LogP contribution in [0.1, 0.15) is 31.2 Å². The molecule has 0 radical (unpaired) electrons. The lowest BCUT2D eigenvalue weighted by molar-refractivity contribution is -0.115. The highest BCUT2D eigenvalue weighted by Gasteiger charge is 2.28. The minimum atomic E-state index is 0.254. The Balaban J connectivity index is 1.73. The standard InChI is InChI=1S/C16H16O2/c17-14-10-9-13-7-4-8-15(16(13)14)18-11-12-5-2-1-3-6-12/h1-3,5-6,8H,4,7,9-11H2. The van der Waals surface area contributed by atoms with Crippen LogP contribution in [0.15, 0.2) is 53.3 Å². The Morgan fingerprint density at radius 3 is 2.72 bits per heavy atom. The zero-order valence-corrected chi connectivity index (χ0v) is 10.3. The molecule has 0 aromatic heterocycles. The minimum absolute atomic E-state index is 0.254. The number of carbonyl (C=O) groups is 1. The van der Waals surface area contributed by atoms with Crippen molar-refractivity contribution >= 4 is 5.78 Å². The van der Waals surface area contributed by atoms with Gasteiger partial charge in [-0.2, -0.15) is 0 Å². The Morgan fingerprint density at radius 2 is 1.89 bits per heavy atom. The molecule has 2 nitrogen and oxygen atoms in total. The Labute approximate surface area is 107 Å². The molecule has 3 rings (SSSR count). The summed E-state index contributed by atoms with van der Waals surface area (Å²) in [7, 11) is 0. The van der Waals surface area contributed by atoms with Gasteiger partial charge >= 0.3 is 0 Å². The lowest BCUT2D eigenvalue weighted by Crippen LogP contribution is -2.07. The maximum atomic E-state index is 11.9. The van der Waals surface area contributed by atoms with Gasteiger partial charge < -0.3 is 4.74 Å². The molecule has 0 fully saturated rings. The number of ether oxygens (including phenoxy) is 1. The van der Waals surface area contributed by atoms with E-state index < -0.39 is 0 Å². The molecule has 0 unspecified atom stereocenters. The van der Waals surface area contributed by atoms with Crippen molar-refractivity contribution in [2.24, 2.45) is 0 Å². The van der Waals surface area contributed by atoms with E-state index in [-0.39, 0.29) is 5.78 Å². The third-order valence-electron chi connectivity index (χ3n) is 3.55. The monoisotopic (exact) mass is 240 g/mol. The van der Waals surface area contributed by atoms with Gasteiger partial charge in [0.2, 0.25) is 0 Å². The van der Waals surface area contributed by atoms with E-state index in [1.165, 1.54) is 5.57 Å². The predicted octanol–water partition coefficient (Wildman–Crippen LogP) is 3.54. The van der Waals surface area contributed by atoms with E-state index in [9.17, 15) is 4.79 Å². The van der Waals surface area contributed by atoms with Crippen molar-refractivity contribution in [2.75, 3.05) is 0 Å². The van der Waals surface area contributed by atoms with Gasteiger partial charge in [0.15, 0.2) is 5.78 Å². The number of hydrogen-bond acceptors (Lipinski definition) is 2. The molecule has 2 heteroatoms. The van der Waals surface area contributed by atoms with Gasteiger partial charge in [0.1, 0.15) is 12.4 Å². The lowest BCUT2D eigenvalue weighted by Gasteiger charge is -2.16. The highest BCUT2D eigenvalue weighted by atomic mass is 16.5. The van der Waals surface area contributed by atoms with E-state index in [0.29, 0.717) is 13.0 Å². The van der Waals surface area contributed by atoms with E-state index >= 15 is 0 Å². The van der Waals surface area contributed by atoms with Crippen molar-refractivity contribution in [1.82, 2.24) is 0 Å². The molecule has 18 heavy (non-hydrogen) atoms. The summed E-state index contributed by atoms with van der Waals surface area (Å²) < 4.78 is 5.84. The number of rotatable bonds is 3. The molecule has 0 saturated heterocycles. The molecule has 0 amide bonds. The Kier molecular flexibility index (Phi) is 3.01. The van der Waals surface area contributed by atoms with Crippen LogP contribution in [-0.2, 0) is 16.1 Å². The molecule has 1 aromatic carbocycles. The molecule has 0 atom stereocenters. The predicted molar refractivity (Wildman–Crippen MR) is 69.8 cm³/mol. The van der Waals surface area contributed by atoms with Crippen molar-refractivity contribution in [2.45, 2.75) is 32.3 Å². The topological polar surface area (TPSA) is 26.3 Å². The van der Waals surface area contributed by atoms with Crippen LogP contribution in [0.2, 0.25) is 0 Å². The third-order valence-corrected chi connectivity index (χ3v) is 3.55. The zero-order valence-electron chi connectivity index (χ0n) is 10.3. The van der Waals surface area contributed by atoms with Gasteiger partial charge in [-0.25, -0.2) is 0 Å². The minimum Gasteiger partial charge on any atom is -0.488 e. The van der Waals surface area contributed by atoms with Gasteiger partial charge in [0.05, 0.1) is 5.57 Å². The van der Waals surface area contributed by atoms with Crippen molar-refractivity contribution in [3.05, 3.63) is 58.9 Å². The Hall–Kier alpha value is -1.83. The number of hydrogen-bond donors (Lipinski definition) is 0. The molecule has 0 saturated carbocycles. The van der Waals surface area contributed by atoms with Crippen molar-refractivity contribution in [3.63, 3.8) is 0 Å². The van der Waals surface area contributed by atoms with Crippen LogP contribution in [0.4, 0.5) is 0 Å². The van der Waals surface area contributed by atoms with E-state index in [1.807, 2.05) is 30.3 Å². The molecule has 2 aliphatic rings. The van der Waals surface area contributed by atoms with Crippen molar-refractivity contribution < 1.29 is 9.53 Å². The van der Waals surface area contributed by atoms with Gasteiger partial charge in [-0.3, -0.25) is 4.79 Å². The van der Waals surface area contributed by atoms with E-state index in [1.54, 1.807) is 0 Å². The summed E-state index contributed by atoms with van der Waals surface area (Å²) in [5.41, 5.74) is 3.30. The first-order chi connectivity index (χ1) is 8.84. The fourth-order valence-corrected chi connectivity index (χ4v) is 2.62. The number of ketones is 1. The fraction of sp³-hybridized carbons (Fsp3) is 0.312. The van der Waals surface area contributed by atoms with Crippen molar-refractivity contribution in [1.29, 1.82) is 0 Å². The number of allylic oxidation sites excluding steroid dienone is 3. The van der Waals surface area contributed by atoms with Gasteiger partial charge in [-0.15, -0.1) is 0 Å². The number of carbonyl (C=O) groups excluding carboxylic acids is 1. The van der Waals surface area contributed by atoms with Gasteiger partial charge in [0.25, 0.3) is 0 Å². The Bertz CT molecular complexity index is 519. The van der Waals surface area contributed by atoms with Crippen LogP contribution in [0.3, 0.4) is 0 Å². The van der Waals surface area contributed by atoms with Crippen LogP contribution in [-0.4, -0.2) is 5.78 Å². The average Bonchev–Trinajstić information content (AvgIpc) is 2.80. The first-order valence-electron chi connectivity index (χ1n) is 6.47. The second-order valence-corrected chi connectivity index (χ2v) is 4.78. The summed E-state index contributed by atoms with van der Waals surface area (Å²) in [6.45, 7) is 0.538. The first kappa shape index (κ1) is 11.3. The molecule has 0 spiro atoms. The van der Waals surface area contributed by atoms with Crippen LogP contribution < -0.4 is 0 Å². The summed E-state index contributed by atoms with van der Waals surface area (Å²) in [5.74, 6) is 1.06. The zero-order chi connectivity index (χ0) is 12.4. The lowest BCUT2D eigenvalue weighted by atomic mass is 9.98. The first-order valence-corrected chi connectivity index (χ1v) is 6.47. The van der Waals surface area contributed by atoms with E-state index in [4.69, 9.17) is 4.74 Å². The van der Waals surface area contributed by atoms with Gasteiger partial charge in [-0.1, -0.05) is 35.9 Å². The van der Waals surface area contributed by atoms with Crippen LogP contribution >= 0.6 is 0 Å². The molecular formula is C16H16O2. The van der Waals surface area contributed by atoms with Crippen molar-refractivity contribution in [3.8, 4) is 0 Å². The number of benzene rings is 1. The molecule has 92 valence electrons. The number of Topliss-reactive ketones (excluding diaryl/α,β-unsaturated/α-hetero) is 1. The highest BCUT2D eigenvalue weighted by Crippen LogP contribution is 2.36. The van der Waals surface area contributed by atoms with E-state index in [2.05, 4.69) is 6.08 Å². The molecule has 0 N–H and O–H groups in total. The normalized spacial score (nSPS) is 18.7. The van der Waals surface area contributed by atoms with Gasteiger partial charge in [0, 0.05) is 6.42 Å². The molecule has 0 aliphatic heterocycles. The second-order valence-electron chi connectivity index (χ2n) is 4.78. The van der Waals surface area contributed by atoms with E-state index in [0.717, 1.165) is 36.2 Å². The Morgan fingerprint density at radius 1 is 1.06 bits per heavy atom. The third kappa shape index (κ3) is 2.10. The molecular weight excluding hydrogens is 224 g/mol. The smallest absolute Gasteiger partial charge is 0.166 e. The molecule has 2 aliphatic carbocycles. The quantitative estimate of drug-likeness (QED) is 0.807. The SMILES string of the molecule is O=C1CCC2=C1C(OCc1ccccc1)=CCC2. The summed E-state index contributed by atoms with van der Waals surface area (Å²) in [5, 5.41) is 0. The van der Waals surface area contributed by atoms with Gasteiger partial charge in [-0.05, 0) is 30.9 Å². The van der Waals surface area contributed by atoms with Crippen LogP contribution in [0, 0.1) is 0 Å². The second kappa shape index (κ2) is 4.81. The highest BCUT2D eigenvalue weighted by molar-refractivity contribution is 6.02. The average molecular weight is 240 g/mol. The maximum Gasteiger partial charge on any atom is 0.166 e. The summed E-state index contributed by atoms with van der Waals surface area (Å²) in [4.78, 5) is 11.9. The largest absolute Gasteiger partial charge is 0.488 e. The molecule has 0 bridgehead atoms. The summed E-state index contributed by atoms with van der Waals surface area (Å²) in [6, 6.07) is 10.1. The maximum absolute atomic E-state index is 11.9. The van der Waals surface area contributed by atoms with Crippen LogP contribution in [0.25, 0.3) is 0 Å². The summed E-state index contributed by atoms with van der Waals surface area (Å²) in [6.07, 6.45) is 5.68. The molecule has 0 heterocycles. The van der Waals surface area contributed by atoms with Crippen LogP contribution in [0.5, 0.6) is 0 Å². The molecule has 1 aromatic rings.